The number of ether oxygens (including phenoxy) is 1. The number of carbonyl (C=O) groups is 1. The van der Waals surface area contributed by atoms with Gasteiger partial charge in [-0.05, 0) is 12.5 Å². The quantitative estimate of drug-likeness (QED) is 0.680. The molecule has 1 saturated heterocycles. The third-order valence-corrected chi connectivity index (χ3v) is 5.22. The van der Waals surface area contributed by atoms with Crippen molar-refractivity contribution in [2.45, 2.75) is 32.4 Å². The number of nitrogens with zero attached hydrogens (tertiary/aromatic N) is 2. The second-order valence-corrected chi connectivity index (χ2v) is 6.86. The summed E-state index contributed by atoms with van der Waals surface area (Å²) in [6, 6.07) is 3.99. The van der Waals surface area contributed by atoms with E-state index in [1.807, 2.05) is 0 Å². The first-order valence-electron chi connectivity index (χ1n) is 7.62. The van der Waals surface area contributed by atoms with Gasteiger partial charge in [0.1, 0.15) is 0 Å². The molecule has 1 aliphatic carbocycles. The smallest absolute Gasteiger partial charge is 0.311 e. The minimum absolute atomic E-state index is 0.0128. The zero-order valence-corrected chi connectivity index (χ0v) is 13.4. The molecule has 1 aliphatic heterocycles. The monoisotopic (exact) mass is 320 g/mol. The van der Waals surface area contributed by atoms with E-state index in [1.165, 1.54) is 18.2 Å². The summed E-state index contributed by atoms with van der Waals surface area (Å²) < 4.78 is 5.73. The Hall–Kier alpha value is -2.15. The Bertz CT molecular complexity index is 672. The summed E-state index contributed by atoms with van der Waals surface area (Å²) >= 11 is 0. The fourth-order valence-corrected chi connectivity index (χ4v) is 4.25. The normalized spacial score (nSPS) is 27.9. The number of nitro benzene ring substituents is 1. The topological polar surface area (TPSA) is 92.9 Å². The minimum Gasteiger partial charge on any atom is -0.502 e. The molecule has 124 valence electrons. The van der Waals surface area contributed by atoms with E-state index in [0.29, 0.717) is 6.61 Å². The number of amides is 1. The van der Waals surface area contributed by atoms with Crippen LogP contribution in [0.1, 0.15) is 30.6 Å². The molecular weight excluding hydrogens is 300 g/mol. The number of fused-ring (bicyclic) bond motifs is 1. The predicted molar refractivity (Wildman–Crippen MR) is 82.3 cm³/mol. The molecule has 1 aromatic rings. The molecule has 1 saturated carbocycles. The number of aromatic hydroxyl groups is 1. The average molecular weight is 320 g/mol. The number of hydrogen-bond acceptors (Lipinski definition) is 5. The van der Waals surface area contributed by atoms with E-state index < -0.39 is 22.3 Å². The Morgan fingerprint density at radius 3 is 2.83 bits per heavy atom. The molecule has 0 unspecified atom stereocenters. The molecule has 2 fully saturated rings. The molecule has 7 nitrogen and oxygen atoms in total. The third-order valence-electron chi connectivity index (χ3n) is 5.22. The number of para-hydroxylation sites is 1. The van der Waals surface area contributed by atoms with Crippen molar-refractivity contribution in [2.24, 2.45) is 11.3 Å². The first-order valence-corrected chi connectivity index (χ1v) is 7.62. The van der Waals surface area contributed by atoms with Crippen LogP contribution in [0.15, 0.2) is 18.2 Å². The van der Waals surface area contributed by atoms with E-state index >= 15 is 0 Å². The summed E-state index contributed by atoms with van der Waals surface area (Å²) in [6.07, 6.45) is 1.04. The summed E-state index contributed by atoms with van der Waals surface area (Å²) in [7, 11) is 1.68. The van der Waals surface area contributed by atoms with Gasteiger partial charge in [0.15, 0.2) is 0 Å². The molecule has 23 heavy (non-hydrogen) atoms. The lowest BCUT2D eigenvalue weighted by molar-refractivity contribution is -0.385. The van der Waals surface area contributed by atoms with Crippen molar-refractivity contribution in [3.05, 3.63) is 33.9 Å². The molecule has 3 atom stereocenters. The maximum atomic E-state index is 12.8. The van der Waals surface area contributed by atoms with Crippen LogP contribution in [0, 0.1) is 21.4 Å². The Labute approximate surface area is 134 Å². The fraction of sp³-hybridized carbons (Fsp3) is 0.562. The second-order valence-electron chi connectivity index (χ2n) is 6.86. The van der Waals surface area contributed by atoms with Crippen LogP contribution in [0.2, 0.25) is 0 Å². The van der Waals surface area contributed by atoms with E-state index in [1.54, 1.807) is 11.9 Å². The van der Waals surface area contributed by atoms with Crippen LogP contribution in [0.3, 0.4) is 0 Å². The van der Waals surface area contributed by atoms with Crippen LogP contribution >= 0.6 is 0 Å². The molecule has 3 rings (SSSR count). The maximum absolute atomic E-state index is 12.8. The summed E-state index contributed by atoms with van der Waals surface area (Å²) in [6.45, 7) is 4.81. The molecule has 1 heterocycles. The van der Waals surface area contributed by atoms with Crippen molar-refractivity contribution in [1.82, 2.24) is 4.90 Å². The molecule has 1 N–H and O–H groups in total. The molecule has 1 amide bonds. The van der Waals surface area contributed by atoms with Crippen LogP contribution < -0.4 is 0 Å². The first kappa shape index (κ1) is 15.7. The summed E-state index contributed by atoms with van der Waals surface area (Å²) in [4.78, 5) is 24.6. The highest BCUT2D eigenvalue weighted by Crippen LogP contribution is 2.54. The van der Waals surface area contributed by atoms with Gasteiger partial charge >= 0.3 is 5.69 Å². The van der Waals surface area contributed by atoms with Crippen LogP contribution in [0.4, 0.5) is 5.69 Å². The molecular formula is C16H20N2O5. The molecule has 2 aliphatic rings. The minimum atomic E-state index is -0.694. The van der Waals surface area contributed by atoms with Crippen LogP contribution in [-0.4, -0.2) is 46.6 Å². The van der Waals surface area contributed by atoms with Gasteiger partial charge in [0, 0.05) is 37.1 Å². The fourth-order valence-electron chi connectivity index (χ4n) is 4.25. The number of rotatable bonds is 3. The van der Waals surface area contributed by atoms with E-state index in [2.05, 4.69) is 13.8 Å². The van der Waals surface area contributed by atoms with Crippen molar-refractivity contribution in [3.8, 4) is 5.75 Å². The predicted octanol–water partition coefficient (Wildman–Crippen LogP) is 2.19. The molecule has 0 bridgehead atoms. The van der Waals surface area contributed by atoms with Gasteiger partial charge in [0.05, 0.1) is 16.6 Å². The van der Waals surface area contributed by atoms with Crippen LogP contribution in [-0.2, 0) is 4.74 Å². The first-order chi connectivity index (χ1) is 10.8. The average Bonchev–Trinajstić information content (AvgIpc) is 2.92. The lowest BCUT2D eigenvalue weighted by atomic mass is 9.56. The lowest BCUT2D eigenvalue weighted by Crippen LogP contribution is -2.66. The summed E-state index contributed by atoms with van der Waals surface area (Å²) in [5, 5.41) is 21.0. The third kappa shape index (κ3) is 2.18. The lowest BCUT2D eigenvalue weighted by Gasteiger charge is -2.57. The van der Waals surface area contributed by atoms with Gasteiger partial charge in [0.25, 0.3) is 5.91 Å². The number of hydrogen-bond donors (Lipinski definition) is 1. The Morgan fingerprint density at radius 1 is 1.48 bits per heavy atom. The van der Waals surface area contributed by atoms with Gasteiger partial charge in [-0.25, -0.2) is 0 Å². The highest BCUT2D eigenvalue weighted by atomic mass is 16.6. The van der Waals surface area contributed by atoms with Crippen molar-refractivity contribution >= 4 is 11.6 Å². The standard InChI is InChI=1S/C16H20N2O5/c1-16(2)13(10-7-8-23-14(10)16)17(3)15(20)9-5-4-6-11(12(9)19)18(21)22/h4-6,10,13-14,19H,7-8H2,1-3H3/t10-,13-,14-/m1/s1. The SMILES string of the molecule is CN(C(=O)c1cccc([N+](=O)[O-])c1O)[C@@H]1[C@H]2CCO[C@H]2C1(C)C. The largest absolute Gasteiger partial charge is 0.502 e. The summed E-state index contributed by atoms with van der Waals surface area (Å²) in [5.74, 6) is -0.708. The Kier molecular flexibility index (Phi) is 3.55. The van der Waals surface area contributed by atoms with Crippen molar-refractivity contribution in [1.29, 1.82) is 0 Å². The van der Waals surface area contributed by atoms with Gasteiger partial charge in [-0.3, -0.25) is 14.9 Å². The number of phenolic OH excluding ortho intramolecular Hbond substituents is 1. The van der Waals surface area contributed by atoms with E-state index in [4.69, 9.17) is 4.74 Å². The van der Waals surface area contributed by atoms with Gasteiger partial charge in [-0.1, -0.05) is 19.9 Å². The number of benzene rings is 1. The number of carbonyl (C=O) groups excluding carboxylic acids is 1. The highest BCUT2D eigenvalue weighted by Gasteiger charge is 2.61. The Morgan fingerprint density at radius 2 is 2.17 bits per heavy atom. The van der Waals surface area contributed by atoms with E-state index in [-0.39, 0.29) is 29.0 Å². The van der Waals surface area contributed by atoms with E-state index in [9.17, 15) is 20.0 Å². The zero-order chi connectivity index (χ0) is 16.9. The zero-order valence-electron chi connectivity index (χ0n) is 13.4. The van der Waals surface area contributed by atoms with Crippen molar-refractivity contribution in [2.75, 3.05) is 13.7 Å². The molecule has 7 heteroatoms. The van der Waals surface area contributed by atoms with E-state index in [0.717, 1.165) is 6.42 Å². The number of phenols is 1. The molecule has 0 aromatic heterocycles. The maximum Gasteiger partial charge on any atom is 0.311 e. The molecule has 1 aromatic carbocycles. The molecule has 0 spiro atoms. The highest BCUT2D eigenvalue weighted by molar-refractivity contribution is 5.98. The molecule has 0 radical (unpaired) electrons. The van der Waals surface area contributed by atoms with Gasteiger partial charge in [0.2, 0.25) is 5.75 Å². The Balaban J connectivity index is 1.89. The van der Waals surface area contributed by atoms with Crippen LogP contribution in [0.25, 0.3) is 0 Å². The second kappa shape index (κ2) is 5.19. The number of nitro groups is 1. The van der Waals surface area contributed by atoms with Crippen LogP contribution in [0.5, 0.6) is 5.75 Å². The van der Waals surface area contributed by atoms with Crippen molar-refractivity contribution < 1.29 is 19.6 Å². The van der Waals surface area contributed by atoms with Gasteiger partial charge in [-0.2, -0.15) is 0 Å². The van der Waals surface area contributed by atoms with Crippen molar-refractivity contribution in [3.63, 3.8) is 0 Å². The summed E-state index contributed by atoms with van der Waals surface area (Å²) in [5.41, 5.74) is -0.680. The van der Waals surface area contributed by atoms with Gasteiger partial charge < -0.3 is 14.7 Å². The van der Waals surface area contributed by atoms with Gasteiger partial charge in [-0.15, -0.1) is 0 Å².